The minimum Gasteiger partial charge on any atom is -0.465 e. The van der Waals surface area contributed by atoms with E-state index in [0.29, 0.717) is 18.7 Å². The van der Waals surface area contributed by atoms with E-state index < -0.39 is 12.2 Å². The van der Waals surface area contributed by atoms with E-state index in [9.17, 15) is 13.6 Å². The Bertz CT molecular complexity index is 647. The average molecular weight is 286 g/mol. The summed E-state index contributed by atoms with van der Waals surface area (Å²) in [7, 11) is 0. The first-order valence-electron chi connectivity index (χ1n) is 5.66. The van der Waals surface area contributed by atoms with Crippen molar-refractivity contribution in [3.8, 4) is 0 Å². The molecule has 0 aliphatic carbocycles. The molecule has 0 saturated carbocycles. The number of carbonyl (C=O) groups is 1. The Balaban J connectivity index is 2.27. The highest BCUT2D eigenvalue weighted by molar-refractivity contribution is 7.03. The van der Waals surface area contributed by atoms with Crippen LogP contribution in [0.3, 0.4) is 0 Å². The summed E-state index contributed by atoms with van der Waals surface area (Å²) < 4.78 is 29.8. The number of rotatable bonds is 3. The van der Waals surface area contributed by atoms with Crippen molar-refractivity contribution < 1.29 is 18.7 Å². The van der Waals surface area contributed by atoms with Gasteiger partial charge in [0.2, 0.25) is 0 Å². The molecule has 4 nitrogen and oxygen atoms in total. The van der Waals surface area contributed by atoms with E-state index in [1.54, 1.807) is 6.08 Å². The van der Waals surface area contributed by atoms with Crippen molar-refractivity contribution in [3.63, 3.8) is 0 Å². The second-order valence-corrected chi connectivity index (χ2v) is 5.02. The predicted molar refractivity (Wildman–Crippen MR) is 68.3 cm³/mol. The molecule has 2 rings (SSSR count). The van der Waals surface area contributed by atoms with E-state index in [1.165, 1.54) is 24.7 Å². The van der Waals surface area contributed by atoms with Crippen LogP contribution in [0.15, 0.2) is 11.7 Å². The maximum Gasteiger partial charge on any atom is 0.411 e. The Hall–Kier alpha value is -1.76. The summed E-state index contributed by atoms with van der Waals surface area (Å²) in [6, 6.07) is 0. The Kier molecular flexibility index (Phi) is 3.94. The third kappa shape index (κ3) is 2.98. The summed E-state index contributed by atoms with van der Waals surface area (Å²) in [5.74, 6) is 0. The van der Waals surface area contributed by atoms with E-state index in [2.05, 4.69) is 4.37 Å². The Labute approximate surface area is 112 Å². The monoisotopic (exact) mass is 286 g/mol. The molecule has 7 heteroatoms. The molecule has 19 heavy (non-hydrogen) atoms. The van der Waals surface area contributed by atoms with E-state index in [4.69, 9.17) is 5.11 Å². The number of hydrogen-bond donors (Lipinski definition) is 1. The normalized spacial score (nSPS) is 13.3. The first-order valence-corrected chi connectivity index (χ1v) is 6.43. The zero-order valence-corrected chi connectivity index (χ0v) is 11.0. The van der Waals surface area contributed by atoms with Gasteiger partial charge < -0.3 is 5.11 Å². The van der Waals surface area contributed by atoms with Crippen LogP contribution in [0.2, 0.25) is 0 Å². The van der Waals surface area contributed by atoms with Crippen molar-refractivity contribution in [1.82, 2.24) is 9.27 Å². The van der Waals surface area contributed by atoms with Crippen molar-refractivity contribution >= 4 is 29.9 Å². The summed E-state index contributed by atoms with van der Waals surface area (Å²) >= 11 is 1.27. The molecule has 102 valence electrons. The summed E-state index contributed by atoms with van der Waals surface area (Å²) in [5.41, 5.74) is 0.708. The Morgan fingerprint density at radius 1 is 1.58 bits per heavy atom. The molecule has 0 aromatic carbocycles. The number of hydrogen-bond acceptors (Lipinski definition) is 3. The van der Waals surface area contributed by atoms with Crippen LogP contribution >= 0.6 is 11.5 Å². The minimum absolute atomic E-state index is 0.0385. The second kappa shape index (κ2) is 5.48. The Morgan fingerprint density at radius 3 is 2.95 bits per heavy atom. The van der Waals surface area contributed by atoms with Gasteiger partial charge in [-0.15, -0.1) is 0 Å². The van der Waals surface area contributed by atoms with Gasteiger partial charge in [0.05, 0.1) is 10.2 Å². The maximum atomic E-state index is 12.3. The number of amides is 1. The lowest BCUT2D eigenvalue weighted by Crippen LogP contribution is -2.36. The molecule has 0 spiro atoms. The van der Waals surface area contributed by atoms with Crippen LogP contribution < -0.4 is 9.75 Å². The van der Waals surface area contributed by atoms with E-state index in [-0.39, 0.29) is 12.0 Å². The summed E-state index contributed by atoms with van der Waals surface area (Å²) in [4.78, 5) is 12.1. The summed E-state index contributed by atoms with van der Waals surface area (Å²) in [5, 5.41) is 9.66. The third-order valence-corrected chi connectivity index (χ3v) is 3.79. The molecule has 2 heterocycles. The highest BCUT2D eigenvalue weighted by atomic mass is 32.1. The van der Waals surface area contributed by atoms with Gasteiger partial charge in [-0.25, -0.2) is 4.79 Å². The van der Waals surface area contributed by atoms with E-state index >= 15 is 0 Å². The molecular weight excluding hydrogens is 274 g/mol. The lowest BCUT2D eigenvalue weighted by atomic mass is 10.1. The molecule has 1 aromatic rings. The van der Waals surface area contributed by atoms with Gasteiger partial charge in [0.1, 0.15) is 0 Å². The van der Waals surface area contributed by atoms with Gasteiger partial charge in [0.25, 0.3) is 6.08 Å². The van der Waals surface area contributed by atoms with Gasteiger partial charge in [-0.2, -0.15) is 13.2 Å². The standard InChI is InChI=1S/C12H12F2N2O2S/c1-7(11(13)14)2-3-9-8-6-16(12(17)18)5-4-10(8)19-15-9/h4,6H,2-3,5H2,1H3,(H,17,18). The SMILES string of the molecule is CC(CCc1nsc2c1=CN(C(=O)O)CC=2)=C(F)F. The van der Waals surface area contributed by atoms with E-state index in [1.807, 2.05) is 0 Å². The zero-order chi connectivity index (χ0) is 14.0. The molecule has 0 saturated heterocycles. The second-order valence-electron chi connectivity index (χ2n) is 4.22. The van der Waals surface area contributed by atoms with Crippen LogP contribution in [-0.4, -0.2) is 27.0 Å². The highest BCUT2D eigenvalue weighted by Crippen LogP contribution is 2.12. The fourth-order valence-electron chi connectivity index (χ4n) is 1.73. The number of aromatic nitrogens is 1. The van der Waals surface area contributed by atoms with Crippen molar-refractivity contribution in [2.24, 2.45) is 0 Å². The van der Waals surface area contributed by atoms with Gasteiger partial charge in [-0.1, -0.05) is 0 Å². The van der Waals surface area contributed by atoms with Crippen LogP contribution in [0.25, 0.3) is 12.3 Å². The van der Waals surface area contributed by atoms with Gasteiger partial charge in [-0.05, 0) is 42.9 Å². The number of allylic oxidation sites excluding steroid dienone is 1. The van der Waals surface area contributed by atoms with Crippen LogP contribution in [0.5, 0.6) is 0 Å². The number of halogens is 2. The molecule has 0 bridgehead atoms. The lowest BCUT2D eigenvalue weighted by Gasteiger charge is -2.13. The van der Waals surface area contributed by atoms with Gasteiger partial charge >= 0.3 is 6.09 Å². The fraction of sp³-hybridized carbons (Fsp3) is 0.333. The summed E-state index contributed by atoms with van der Waals surface area (Å²) in [6.45, 7) is 1.68. The molecule has 0 radical (unpaired) electrons. The molecule has 1 aromatic heterocycles. The molecular formula is C12H12F2N2O2S. The smallest absolute Gasteiger partial charge is 0.411 e. The highest BCUT2D eigenvalue weighted by Gasteiger charge is 2.14. The quantitative estimate of drug-likeness (QED) is 0.921. The van der Waals surface area contributed by atoms with Crippen LogP contribution in [0.1, 0.15) is 19.0 Å². The zero-order valence-electron chi connectivity index (χ0n) is 10.2. The summed E-state index contributed by atoms with van der Waals surface area (Å²) in [6.07, 6.45) is 1.20. The van der Waals surface area contributed by atoms with Crippen molar-refractivity contribution in [2.75, 3.05) is 6.54 Å². The van der Waals surface area contributed by atoms with Crippen LogP contribution in [0, 0.1) is 0 Å². The topological polar surface area (TPSA) is 53.4 Å². The Morgan fingerprint density at radius 2 is 2.32 bits per heavy atom. The number of fused-ring (bicyclic) bond motifs is 1. The lowest BCUT2D eigenvalue weighted by molar-refractivity contribution is 0.171. The predicted octanol–water partition coefficient (Wildman–Crippen LogP) is 1.76. The molecule has 1 aliphatic heterocycles. The van der Waals surface area contributed by atoms with Crippen LogP contribution in [0.4, 0.5) is 13.6 Å². The van der Waals surface area contributed by atoms with Gasteiger partial charge in [0.15, 0.2) is 0 Å². The van der Waals surface area contributed by atoms with Crippen molar-refractivity contribution in [2.45, 2.75) is 19.8 Å². The number of carboxylic acid groups (broad SMARTS) is 1. The largest absolute Gasteiger partial charge is 0.465 e. The molecule has 0 atom stereocenters. The van der Waals surface area contributed by atoms with E-state index in [0.717, 1.165) is 14.7 Å². The molecule has 1 amide bonds. The first-order chi connectivity index (χ1) is 8.99. The average Bonchev–Trinajstić information content (AvgIpc) is 2.77. The molecule has 0 fully saturated rings. The molecule has 1 aliphatic rings. The van der Waals surface area contributed by atoms with Gasteiger partial charge in [0, 0.05) is 18.0 Å². The number of aryl methyl sites for hydroxylation is 1. The minimum atomic E-state index is -1.66. The first kappa shape index (κ1) is 13.7. The maximum absolute atomic E-state index is 12.3. The van der Waals surface area contributed by atoms with Crippen molar-refractivity contribution in [1.29, 1.82) is 0 Å². The third-order valence-electron chi connectivity index (χ3n) is 2.89. The number of nitrogens with zero attached hydrogens (tertiary/aromatic N) is 2. The van der Waals surface area contributed by atoms with Crippen molar-refractivity contribution in [3.05, 3.63) is 27.1 Å². The fourth-order valence-corrected chi connectivity index (χ4v) is 2.55. The molecule has 0 unspecified atom stereocenters. The molecule has 1 N–H and O–H groups in total. The van der Waals surface area contributed by atoms with Gasteiger partial charge in [-0.3, -0.25) is 4.90 Å². The van der Waals surface area contributed by atoms with Crippen LogP contribution in [-0.2, 0) is 6.42 Å².